The molecule has 0 spiro atoms. The Balaban J connectivity index is 1.09. The van der Waals surface area contributed by atoms with Crippen molar-refractivity contribution >= 4 is 32.4 Å². The Bertz CT molecular complexity index is 3950. The van der Waals surface area contributed by atoms with Crippen LogP contribution in [-0.4, -0.2) is 169 Å². The third-order valence-electron chi connectivity index (χ3n) is 17.0. The number of rotatable bonds is 43. The summed E-state index contributed by atoms with van der Waals surface area (Å²) in [6.45, 7) is 8.50. The van der Waals surface area contributed by atoms with Crippen molar-refractivity contribution in [3.63, 3.8) is 0 Å². The molecule has 104 heavy (non-hydrogen) atoms. The molecule has 0 bridgehead atoms. The molecule has 0 aliphatic carbocycles. The zero-order valence-corrected chi connectivity index (χ0v) is 61.7. The van der Waals surface area contributed by atoms with Gasteiger partial charge in [0.15, 0.2) is 0 Å². The van der Waals surface area contributed by atoms with Crippen LogP contribution < -0.4 is 20.7 Å². The van der Waals surface area contributed by atoms with Crippen molar-refractivity contribution in [3.8, 4) is 40.2 Å². The van der Waals surface area contributed by atoms with E-state index in [-0.39, 0.29) is 97.2 Å². The van der Waals surface area contributed by atoms with E-state index in [4.69, 9.17) is 61.0 Å². The van der Waals surface area contributed by atoms with Gasteiger partial charge in [-0.05, 0) is 137 Å². The monoisotopic (exact) mass is 1450 g/mol. The van der Waals surface area contributed by atoms with Crippen molar-refractivity contribution in [1.29, 1.82) is 5.26 Å². The van der Waals surface area contributed by atoms with Gasteiger partial charge in [0.2, 0.25) is 0 Å². The third kappa shape index (κ3) is 22.9. The van der Waals surface area contributed by atoms with E-state index in [2.05, 4.69) is 15.6 Å². The van der Waals surface area contributed by atoms with Gasteiger partial charge < -0.3 is 51.0 Å². The molecule has 0 saturated heterocycles. The smallest absolute Gasteiger partial charge is 0.331 e. The summed E-state index contributed by atoms with van der Waals surface area (Å²) >= 11 is 0. The fourth-order valence-electron chi connectivity index (χ4n) is 12.2. The van der Waals surface area contributed by atoms with Crippen LogP contribution in [0.1, 0.15) is 99.3 Å². The highest BCUT2D eigenvalue weighted by Gasteiger charge is 2.40. The van der Waals surface area contributed by atoms with Gasteiger partial charge >= 0.3 is 29.6 Å². The van der Waals surface area contributed by atoms with Crippen molar-refractivity contribution in [2.45, 2.75) is 123 Å². The lowest BCUT2D eigenvalue weighted by Gasteiger charge is -2.39. The van der Waals surface area contributed by atoms with Crippen LogP contribution in [0, 0.1) is 11.3 Å². The standard InChI is InChI=1S/C77H94N9O17P/c1-55(2)86(56(3)4)104(102-40-20-34-78)103-68(54-101-77(59-21-14-13-15-22-59,60-25-29-66(93-5)30-26-60)61-27-31-67(94-6)32-28-61)49-84-37-33-71(87)85(76(84)92)36-17-12-11-16-35-81(45-62-41-57(69-23-18-38-99-69)43-64(79-62)47-82(50-72(88)95-7)51-73(89)96-8)46-63-42-58(70-24-19-39-100-70)44-65(80-63)48-83(52-74(90)97-9)53-75(91)98-10/h13-15,18-19,21-33,37-39,41-44,55-56,68H,11-12,16-17,20,35-36,40,45-54H2,1-10H3. The number of nitriles is 1. The van der Waals surface area contributed by atoms with Gasteiger partial charge in [0.1, 0.15) is 34.7 Å². The van der Waals surface area contributed by atoms with Gasteiger partial charge in [-0.1, -0.05) is 67.4 Å². The largest absolute Gasteiger partial charge is 0.497 e. The van der Waals surface area contributed by atoms with E-state index < -0.39 is 55.4 Å². The van der Waals surface area contributed by atoms with Crippen molar-refractivity contribution in [2.75, 3.05) is 88.6 Å². The molecular weight excluding hydrogens is 1350 g/mol. The first kappa shape index (κ1) is 80.0. The highest BCUT2D eigenvalue weighted by Crippen LogP contribution is 2.48. The second kappa shape index (κ2) is 40.4. The van der Waals surface area contributed by atoms with Gasteiger partial charge in [0, 0.05) is 68.2 Å². The number of aromatic nitrogens is 4. The molecule has 2 unspecified atom stereocenters. The van der Waals surface area contributed by atoms with E-state index in [1.54, 1.807) is 48.7 Å². The Morgan fingerprint density at radius 3 is 1.44 bits per heavy atom. The Morgan fingerprint density at radius 2 is 1.02 bits per heavy atom. The van der Waals surface area contributed by atoms with Crippen molar-refractivity contribution in [1.82, 2.24) is 38.5 Å². The van der Waals surface area contributed by atoms with Gasteiger partial charge in [0.05, 0.1) is 136 Å². The normalized spacial score (nSPS) is 12.3. The molecule has 2 atom stereocenters. The number of hydrogen-bond donors (Lipinski definition) is 0. The lowest BCUT2D eigenvalue weighted by atomic mass is 9.80. The van der Waals surface area contributed by atoms with Crippen LogP contribution in [0.25, 0.3) is 22.6 Å². The topological polar surface area (TPSA) is 284 Å². The van der Waals surface area contributed by atoms with Gasteiger partial charge in [0.25, 0.3) is 14.1 Å². The fraction of sp³-hybridized carbons (Fsp3) is 0.416. The fourth-order valence-corrected chi connectivity index (χ4v) is 13.8. The molecule has 0 aliphatic rings. The lowest BCUT2D eigenvalue weighted by Crippen LogP contribution is -2.43. The molecule has 27 heteroatoms. The van der Waals surface area contributed by atoms with Crippen molar-refractivity contribution < 1.29 is 70.2 Å². The van der Waals surface area contributed by atoms with Gasteiger partial charge in [-0.3, -0.25) is 57.8 Å². The van der Waals surface area contributed by atoms with Crippen LogP contribution in [0.15, 0.2) is 171 Å². The summed E-state index contributed by atoms with van der Waals surface area (Å²) in [5.74, 6) is 0.192. The van der Waals surface area contributed by atoms with Crippen LogP contribution in [0.3, 0.4) is 0 Å². The van der Waals surface area contributed by atoms with Crippen LogP contribution in [0.5, 0.6) is 11.5 Å². The molecule has 0 N–H and O–H groups in total. The molecule has 8 rings (SSSR count). The number of esters is 4. The van der Waals surface area contributed by atoms with Crippen molar-refractivity contribution in [2.24, 2.45) is 0 Å². The summed E-state index contributed by atoms with van der Waals surface area (Å²) < 4.78 is 68.8. The molecule has 0 fully saturated rings. The SMILES string of the molecule is COC(=O)CN(CC(=O)OC)Cc1cc(-c2ccco2)cc(CN(CCCCCCn2c(=O)ccn(CC(COC(c3ccccc3)(c3ccc(OC)cc3)c3ccc(OC)cc3)OP(OCCC#N)N(C(C)C)C(C)C)c2=O)Cc2cc(-c3ccco3)cc(CN(CC(=O)OC)CC(=O)OC)n2)n1. The van der Waals surface area contributed by atoms with Gasteiger partial charge in [-0.2, -0.15) is 5.26 Å². The third-order valence-corrected chi connectivity index (χ3v) is 19.2. The molecule has 0 amide bonds. The molecule has 0 saturated carbocycles. The van der Waals surface area contributed by atoms with Gasteiger partial charge in [-0.15, -0.1) is 0 Å². The summed E-state index contributed by atoms with van der Waals surface area (Å²) in [6.07, 6.45) is 6.24. The zero-order chi connectivity index (χ0) is 74.5. The Morgan fingerprint density at radius 1 is 0.567 bits per heavy atom. The summed E-state index contributed by atoms with van der Waals surface area (Å²) in [6, 6.07) is 43.3. The number of nitrogens with zero attached hydrogens (tertiary/aromatic N) is 9. The van der Waals surface area contributed by atoms with Crippen LogP contribution >= 0.6 is 8.53 Å². The van der Waals surface area contributed by atoms with Crippen LogP contribution in [-0.2, 0) is 96.8 Å². The Labute approximate surface area is 607 Å². The number of carbonyl (C=O) groups is 4. The number of hydrogen-bond acceptors (Lipinski definition) is 24. The summed E-state index contributed by atoms with van der Waals surface area (Å²) in [5, 5.41) is 9.66. The molecule has 26 nitrogen and oxygen atoms in total. The second-order valence-electron chi connectivity index (χ2n) is 25.2. The number of unbranched alkanes of at least 4 members (excludes halogenated alkanes) is 3. The molecule has 554 valence electrons. The first-order valence-corrected chi connectivity index (χ1v) is 35.5. The molecule has 0 aliphatic heterocycles. The first-order valence-electron chi connectivity index (χ1n) is 34.4. The molecular formula is C77H94N9O17P. The molecule has 3 aromatic carbocycles. The molecule has 8 aromatic rings. The Kier molecular flexibility index (Phi) is 31.1. The number of furan rings is 2. The Hall–Kier alpha value is -9.68. The maximum Gasteiger partial charge on any atom is 0.331 e. The minimum atomic E-state index is -1.88. The van der Waals surface area contributed by atoms with Crippen LogP contribution in [0.2, 0.25) is 0 Å². The number of methoxy groups -OCH3 is 6. The minimum Gasteiger partial charge on any atom is -0.497 e. The summed E-state index contributed by atoms with van der Waals surface area (Å²) in [5.41, 5.74) is 3.79. The van der Waals surface area contributed by atoms with E-state index in [0.717, 1.165) is 16.7 Å². The number of benzene rings is 3. The second-order valence-corrected chi connectivity index (χ2v) is 26.6. The average Bonchev–Trinajstić information content (AvgIpc) is 0.835. The predicted molar refractivity (Wildman–Crippen MR) is 388 cm³/mol. The number of ether oxygens (including phenoxy) is 7. The summed E-state index contributed by atoms with van der Waals surface area (Å²) in [7, 11) is 6.41. The maximum atomic E-state index is 14.9. The zero-order valence-electron chi connectivity index (χ0n) is 60.8. The number of pyridine rings is 2. The number of carbonyl (C=O) groups excluding carboxylic acids is 4. The molecule has 0 radical (unpaired) electrons. The quantitative estimate of drug-likeness (QED) is 0.0113. The van der Waals surface area contributed by atoms with E-state index in [9.17, 15) is 34.0 Å². The van der Waals surface area contributed by atoms with E-state index >= 15 is 0 Å². The van der Waals surface area contributed by atoms with E-state index in [1.807, 2.05) is 143 Å². The predicted octanol–water partition coefficient (Wildman–Crippen LogP) is 10.6. The molecule has 5 heterocycles. The highest BCUT2D eigenvalue weighted by molar-refractivity contribution is 7.44. The summed E-state index contributed by atoms with van der Waals surface area (Å²) in [4.78, 5) is 95.1. The van der Waals surface area contributed by atoms with E-state index in [0.29, 0.717) is 89.2 Å². The van der Waals surface area contributed by atoms with Crippen molar-refractivity contribution in [3.05, 3.63) is 212 Å². The molecule has 5 aromatic heterocycles. The van der Waals surface area contributed by atoms with Crippen LogP contribution in [0.4, 0.5) is 0 Å². The average molecular weight is 1450 g/mol. The first-order chi connectivity index (χ1) is 50.3. The highest BCUT2D eigenvalue weighted by atomic mass is 31.2. The van der Waals surface area contributed by atoms with Gasteiger partial charge in [-0.25, -0.2) is 9.46 Å². The minimum absolute atomic E-state index is 0.0564. The van der Waals surface area contributed by atoms with E-state index in [1.165, 1.54) is 49.8 Å². The maximum absolute atomic E-state index is 14.9. The lowest BCUT2D eigenvalue weighted by molar-refractivity contribution is -0.147.